The number of hydrogen-bond donors (Lipinski definition) is 0. The second kappa shape index (κ2) is 11.1. The van der Waals surface area contributed by atoms with E-state index in [1.807, 2.05) is 36.4 Å². The van der Waals surface area contributed by atoms with Crippen molar-refractivity contribution in [3.8, 4) is 35.3 Å². The predicted molar refractivity (Wildman–Crippen MR) is 146 cm³/mol. The number of halogens is 6. The van der Waals surface area contributed by atoms with E-state index in [4.69, 9.17) is 14.2 Å². The summed E-state index contributed by atoms with van der Waals surface area (Å²) in [6.45, 7) is 0. The van der Waals surface area contributed by atoms with Crippen LogP contribution in [0.25, 0.3) is 0 Å². The lowest BCUT2D eigenvalue weighted by Gasteiger charge is -2.12. The summed E-state index contributed by atoms with van der Waals surface area (Å²) < 4.78 is 22.3. The van der Waals surface area contributed by atoms with E-state index >= 15 is 0 Å². The fourth-order valence-electron chi connectivity index (χ4n) is 2.44. The molecular formula is C21H9Br6N3O3. The Morgan fingerprint density at radius 3 is 0.970 bits per heavy atom. The van der Waals surface area contributed by atoms with Gasteiger partial charge in [0.1, 0.15) is 17.2 Å². The minimum absolute atomic E-state index is 0.00830. The van der Waals surface area contributed by atoms with Crippen molar-refractivity contribution in [1.82, 2.24) is 15.0 Å². The Morgan fingerprint density at radius 1 is 0.424 bits per heavy atom. The van der Waals surface area contributed by atoms with Gasteiger partial charge in [0.05, 0.1) is 13.4 Å². The van der Waals surface area contributed by atoms with Gasteiger partial charge in [0.25, 0.3) is 0 Å². The van der Waals surface area contributed by atoms with Gasteiger partial charge in [-0.25, -0.2) is 0 Å². The fourth-order valence-corrected chi connectivity index (χ4v) is 4.52. The first-order valence-electron chi connectivity index (χ1n) is 8.93. The van der Waals surface area contributed by atoms with E-state index < -0.39 is 0 Å². The summed E-state index contributed by atoms with van der Waals surface area (Å²) in [4.78, 5) is 12.9. The van der Waals surface area contributed by atoms with Crippen molar-refractivity contribution < 1.29 is 14.2 Å². The molecule has 0 saturated carbocycles. The molecule has 4 rings (SSSR count). The lowest BCUT2D eigenvalue weighted by atomic mass is 10.3. The van der Waals surface area contributed by atoms with Crippen LogP contribution >= 0.6 is 95.6 Å². The molecule has 0 fully saturated rings. The topological polar surface area (TPSA) is 66.4 Å². The Labute approximate surface area is 239 Å². The average molecular weight is 831 g/mol. The van der Waals surface area contributed by atoms with E-state index in [0.29, 0.717) is 30.7 Å². The van der Waals surface area contributed by atoms with Crippen LogP contribution in [0.4, 0.5) is 0 Å². The van der Waals surface area contributed by atoms with Crippen LogP contribution in [0.1, 0.15) is 0 Å². The zero-order valence-corrected chi connectivity index (χ0v) is 25.5. The van der Waals surface area contributed by atoms with E-state index in [2.05, 4.69) is 111 Å². The molecule has 0 aliphatic carbocycles. The highest BCUT2D eigenvalue weighted by Crippen LogP contribution is 2.38. The third kappa shape index (κ3) is 6.15. The standard InChI is InChI=1S/C21H9Br6N3O3/c22-10-4-1-7-13(16(10)25)31-19-28-20(32-14-8-2-5-11(23)17(14)26)30-21(29-19)33-15-9-3-6-12(24)18(15)27/h1-9H. The maximum absolute atomic E-state index is 5.91. The van der Waals surface area contributed by atoms with Crippen molar-refractivity contribution in [2.75, 3.05) is 0 Å². The van der Waals surface area contributed by atoms with Gasteiger partial charge in [-0.2, -0.15) is 0 Å². The van der Waals surface area contributed by atoms with E-state index in [1.54, 1.807) is 18.2 Å². The van der Waals surface area contributed by atoms with Crippen LogP contribution in [-0.4, -0.2) is 15.0 Å². The van der Waals surface area contributed by atoms with Gasteiger partial charge in [0, 0.05) is 13.4 Å². The van der Waals surface area contributed by atoms with Crippen molar-refractivity contribution >= 4 is 95.6 Å². The highest BCUT2D eigenvalue weighted by atomic mass is 79.9. The molecule has 0 N–H and O–H groups in total. The van der Waals surface area contributed by atoms with Gasteiger partial charge in [-0.05, 0) is 132 Å². The van der Waals surface area contributed by atoms with Crippen LogP contribution in [0.15, 0.2) is 81.4 Å². The predicted octanol–water partition coefficient (Wildman–Crippen LogP) is 9.82. The van der Waals surface area contributed by atoms with Crippen LogP contribution < -0.4 is 14.2 Å². The molecule has 0 unspecified atom stereocenters. The Balaban J connectivity index is 1.74. The quantitative estimate of drug-likeness (QED) is 0.193. The number of rotatable bonds is 6. The molecule has 0 atom stereocenters. The molecule has 0 aliphatic heterocycles. The molecule has 0 amide bonds. The first-order chi connectivity index (χ1) is 15.8. The molecule has 3 aromatic carbocycles. The summed E-state index contributed by atoms with van der Waals surface area (Å²) in [5.74, 6) is 1.50. The van der Waals surface area contributed by atoms with E-state index in [0.717, 1.165) is 13.4 Å². The van der Waals surface area contributed by atoms with E-state index in [9.17, 15) is 0 Å². The number of ether oxygens (including phenoxy) is 3. The molecule has 0 aliphatic rings. The molecular weight excluding hydrogens is 822 g/mol. The molecule has 0 radical (unpaired) electrons. The Hall–Kier alpha value is -1.05. The molecule has 6 nitrogen and oxygen atoms in total. The molecule has 1 heterocycles. The molecule has 0 spiro atoms. The van der Waals surface area contributed by atoms with E-state index in [1.165, 1.54) is 0 Å². The maximum Gasteiger partial charge on any atom is 0.331 e. The Kier molecular flexibility index (Phi) is 8.45. The number of hydrogen-bond acceptors (Lipinski definition) is 6. The summed E-state index contributed by atoms with van der Waals surface area (Å²) in [5, 5.41) is 0. The van der Waals surface area contributed by atoms with E-state index in [-0.39, 0.29) is 18.0 Å². The Morgan fingerprint density at radius 2 is 0.697 bits per heavy atom. The van der Waals surface area contributed by atoms with Crippen LogP contribution in [0.5, 0.6) is 35.3 Å². The Bertz CT molecular complexity index is 1170. The minimum atomic E-state index is -0.00830. The van der Waals surface area contributed by atoms with Crippen molar-refractivity contribution in [2.45, 2.75) is 0 Å². The average Bonchev–Trinajstić information content (AvgIpc) is 2.78. The smallest absolute Gasteiger partial charge is 0.331 e. The summed E-state index contributed by atoms with van der Waals surface area (Å²) in [6.07, 6.45) is 0. The second-order valence-corrected chi connectivity index (χ2v) is 11.1. The first-order valence-corrected chi connectivity index (χ1v) is 13.7. The van der Waals surface area contributed by atoms with Gasteiger partial charge < -0.3 is 14.2 Å². The van der Waals surface area contributed by atoms with Crippen LogP contribution in [0, 0.1) is 0 Å². The van der Waals surface area contributed by atoms with Gasteiger partial charge in [0.2, 0.25) is 0 Å². The third-order valence-electron chi connectivity index (χ3n) is 3.93. The highest BCUT2D eigenvalue weighted by molar-refractivity contribution is 9.13. The highest BCUT2D eigenvalue weighted by Gasteiger charge is 2.17. The molecule has 168 valence electrons. The fraction of sp³-hybridized carbons (Fsp3) is 0. The minimum Gasteiger partial charge on any atom is -0.423 e. The van der Waals surface area contributed by atoms with Gasteiger partial charge >= 0.3 is 18.0 Å². The SMILES string of the molecule is Brc1cccc(Oc2nc(Oc3cccc(Br)c3Br)nc(Oc3cccc(Br)c3Br)n2)c1Br. The van der Waals surface area contributed by atoms with Crippen molar-refractivity contribution in [3.05, 3.63) is 81.4 Å². The monoisotopic (exact) mass is 825 g/mol. The lowest BCUT2D eigenvalue weighted by Crippen LogP contribution is -2.02. The number of aromatic nitrogens is 3. The molecule has 4 aromatic rings. The molecule has 0 bridgehead atoms. The second-order valence-electron chi connectivity index (χ2n) is 6.15. The van der Waals surface area contributed by atoms with Gasteiger partial charge in [0.15, 0.2) is 0 Å². The number of nitrogens with zero attached hydrogens (tertiary/aromatic N) is 3. The molecule has 12 heteroatoms. The van der Waals surface area contributed by atoms with Crippen molar-refractivity contribution in [3.63, 3.8) is 0 Å². The maximum atomic E-state index is 5.91. The summed E-state index contributed by atoms with van der Waals surface area (Å²) in [7, 11) is 0. The van der Waals surface area contributed by atoms with Crippen molar-refractivity contribution in [2.24, 2.45) is 0 Å². The summed E-state index contributed by atoms with van der Waals surface area (Å²) in [6, 6.07) is 16.4. The van der Waals surface area contributed by atoms with Gasteiger partial charge in [-0.3, -0.25) is 0 Å². The lowest BCUT2D eigenvalue weighted by molar-refractivity contribution is 0.360. The normalized spacial score (nSPS) is 10.7. The summed E-state index contributed by atoms with van der Waals surface area (Å²) in [5.41, 5.74) is 0. The largest absolute Gasteiger partial charge is 0.423 e. The first kappa shape index (κ1) is 25.1. The van der Waals surface area contributed by atoms with Crippen LogP contribution in [0.3, 0.4) is 0 Å². The zero-order chi connectivity index (χ0) is 23.5. The molecule has 1 aromatic heterocycles. The van der Waals surface area contributed by atoms with Gasteiger partial charge in [-0.15, -0.1) is 15.0 Å². The zero-order valence-electron chi connectivity index (χ0n) is 16.0. The number of benzene rings is 3. The molecule has 33 heavy (non-hydrogen) atoms. The third-order valence-corrected chi connectivity index (χ3v) is 9.96. The van der Waals surface area contributed by atoms with Gasteiger partial charge in [-0.1, -0.05) is 18.2 Å². The van der Waals surface area contributed by atoms with Crippen LogP contribution in [-0.2, 0) is 0 Å². The van der Waals surface area contributed by atoms with Crippen LogP contribution in [0.2, 0.25) is 0 Å². The summed E-state index contributed by atoms with van der Waals surface area (Å²) >= 11 is 20.8. The molecule has 0 saturated heterocycles. The van der Waals surface area contributed by atoms with Crippen molar-refractivity contribution in [1.29, 1.82) is 0 Å².